The van der Waals surface area contributed by atoms with Crippen LogP contribution in [0, 0.1) is 5.92 Å². The van der Waals surface area contributed by atoms with Crippen LogP contribution in [-0.2, 0) is 16.1 Å². The van der Waals surface area contributed by atoms with E-state index in [1.165, 1.54) is 0 Å². The van der Waals surface area contributed by atoms with Crippen LogP contribution in [0.2, 0.25) is 0 Å². The molecule has 2 rings (SSSR count). The van der Waals surface area contributed by atoms with Gasteiger partial charge in [-0.05, 0) is 29.1 Å². The molecule has 1 N–H and O–H groups in total. The second kappa shape index (κ2) is 5.54. The van der Waals surface area contributed by atoms with Gasteiger partial charge in [0.05, 0.1) is 6.61 Å². The first kappa shape index (κ1) is 13.1. The minimum Gasteiger partial charge on any atom is -0.486 e. The van der Waals surface area contributed by atoms with Crippen LogP contribution in [0.3, 0.4) is 0 Å². The number of ether oxygens (including phenoxy) is 1. The molecule has 1 aromatic carbocycles. The first-order chi connectivity index (χ1) is 8.56. The van der Waals surface area contributed by atoms with Gasteiger partial charge in [0.2, 0.25) is 0 Å². The zero-order chi connectivity index (χ0) is 13.1. The molecule has 5 heteroatoms. The summed E-state index contributed by atoms with van der Waals surface area (Å²) in [5.74, 6) is 1.02. The second-order valence-corrected chi connectivity index (χ2v) is 4.95. The summed E-state index contributed by atoms with van der Waals surface area (Å²) in [6.07, 6.45) is 0.524. The number of Topliss-reactive ketones (excluding diaryl/α,β-unsaturated/α-hetero) is 1. The van der Waals surface area contributed by atoms with Crippen molar-refractivity contribution in [2.45, 2.75) is 26.9 Å². The highest BCUT2D eigenvalue weighted by molar-refractivity contribution is 6.61. The van der Waals surface area contributed by atoms with Gasteiger partial charge in [0, 0.05) is 6.42 Å². The average molecular weight is 248 g/mol. The van der Waals surface area contributed by atoms with Crippen molar-refractivity contribution in [2.75, 3.05) is 6.61 Å². The molecule has 0 aromatic heterocycles. The van der Waals surface area contributed by atoms with Gasteiger partial charge in [-0.2, -0.15) is 0 Å². The molecule has 0 aliphatic carbocycles. The Bertz CT molecular complexity index is 445. The standard InChI is InChI=1S/C13H17BO4/c1-9(2)5-11(15)8-17-12-4-3-10-7-18-14(16)13(10)6-12/h3-4,6,9,16H,5,7-8H2,1-2H3. The van der Waals surface area contributed by atoms with Crippen molar-refractivity contribution in [3.05, 3.63) is 23.8 Å². The molecular weight excluding hydrogens is 231 g/mol. The largest absolute Gasteiger partial charge is 0.491 e. The topological polar surface area (TPSA) is 55.8 Å². The fraction of sp³-hybridized carbons (Fsp3) is 0.462. The first-order valence-electron chi connectivity index (χ1n) is 6.13. The molecule has 18 heavy (non-hydrogen) atoms. The molecule has 1 heterocycles. The van der Waals surface area contributed by atoms with E-state index >= 15 is 0 Å². The van der Waals surface area contributed by atoms with Crippen molar-refractivity contribution in [1.82, 2.24) is 0 Å². The van der Waals surface area contributed by atoms with Crippen molar-refractivity contribution in [3.8, 4) is 5.75 Å². The number of benzene rings is 1. The summed E-state index contributed by atoms with van der Waals surface area (Å²) in [6, 6.07) is 5.38. The lowest BCUT2D eigenvalue weighted by molar-refractivity contribution is -0.121. The summed E-state index contributed by atoms with van der Waals surface area (Å²) in [4.78, 5) is 11.5. The molecule has 96 valence electrons. The molecular formula is C13H17BO4. The Morgan fingerprint density at radius 2 is 2.33 bits per heavy atom. The fourth-order valence-corrected chi connectivity index (χ4v) is 1.96. The van der Waals surface area contributed by atoms with Crippen LogP contribution in [0.1, 0.15) is 25.8 Å². The van der Waals surface area contributed by atoms with Gasteiger partial charge in [-0.25, -0.2) is 0 Å². The van der Waals surface area contributed by atoms with Crippen LogP contribution < -0.4 is 10.2 Å². The molecule has 4 nitrogen and oxygen atoms in total. The molecule has 0 bridgehead atoms. The monoisotopic (exact) mass is 248 g/mol. The summed E-state index contributed by atoms with van der Waals surface area (Å²) in [5, 5.41) is 9.56. The molecule has 0 fully saturated rings. The van der Waals surface area contributed by atoms with E-state index in [1.54, 1.807) is 12.1 Å². The van der Waals surface area contributed by atoms with Gasteiger partial charge in [-0.3, -0.25) is 4.79 Å². The lowest BCUT2D eigenvalue weighted by Gasteiger charge is -2.08. The number of hydrogen-bond donors (Lipinski definition) is 1. The molecule has 0 radical (unpaired) electrons. The Hall–Kier alpha value is -1.33. The number of rotatable bonds is 5. The van der Waals surface area contributed by atoms with Crippen molar-refractivity contribution < 1.29 is 19.2 Å². The Balaban J connectivity index is 1.95. The SMILES string of the molecule is CC(C)CC(=O)COc1ccc2c(c1)B(O)OC2. The maximum Gasteiger partial charge on any atom is 0.491 e. The molecule has 1 aromatic rings. The molecule has 0 saturated carbocycles. The van der Waals surface area contributed by atoms with E-state index in [-0.39, 0.29) is 12.4 Å². The molecule has 0 atom stereocenters. The summed E-state index contributed by atoms with van der Waals surface area (Å²) in [5.41, 5.74) is 1.69. The molecule has 0 spiro atoms. The Morgan fingerprint density at radius 3 is 3.06 bits per heavy atom. The third-order valence-electron chi connectivity index (χ3n) is 2.82. The summed E-state index contributed by atoms with van der Waals surface area (Å²) >= 11 is 0. The van der Waals surface area contributed by atoms with Crippen LogP contribution in [0.5, 0.6) is 5.75 Å². The highest BCUT2D eigenvalue weighted by Crippen LogP contribution is 2.16. The summed E-state index contributed by atoms with van der Waals surface area (Å²) in [7, 11) is -0.880. The zero-order valence-corrected chi connectivity index (χ0v) is 10.7. The maximum absolute atomic E-state index is 11.5. The van der Waals surface area contributed by atoms with E-state index in [2.05, 4.69) is 0 Å². The van der Waals surface area contributed by atoms with E-state index in [9.17, 15) is 9.82 Å². The number of ketones is 1. The van der Waals surface area contributed by atoms with Crippen LogP contribution in [0.4, 0.5) is 0 Å². The van der Waals surface area contributed by atoms with Crippen LogP contribution in [0.25, 0.3) is 0 Å². The predicted molar refractivity (Wildman–Crippen MR) is 68.8 cm³/mol. The number of carbonyl (C=O) groups is 1. The van der Waals surface area contributed by atoms with Gasteiger partial charge < -0.3 is 14.4 Å². The van der Waals surface area contributed by atoms with Gasteiger partial charge in [-0.15, -0.1) is 0 Å². The van der Waals surface area contributed by atoms with Gasteiger partial charge in [0.1, 0.15) is 12.4 Å². The van der Waals surface area contributed by atoms with E-state index in [4.69, 9.17) is 9.39 Å². The first-order valence-corrected chi connectivity index (χ1v) is 6.13. The van der Waals surface area contributed by atoms with Crippen molar-refractivity contribution in [2.24, 2.45) is 5.92 Å². The third kappa shape index (κ3) is 3.12. The summed E-state index contributed by atoms with van der Waals surface area (Å²) in [6.45, 7) is 4.50. The van der Waals surface area contributed by atoms with Crippen LogP contribution in [0.15, 0.2) is 18.2 Å². The molecule has 0 saturated heterocycles. The molecule has 0 amide bonds. The van der Waals surface area contributed by atoms with Gasteiger partial charge in [0.25, 0.3) is 0 Å². The zero-order valence-electron chi connectivity index (χ0n) is 10.7. The highest BCUT2D eigenvalue weighted by Gasteiger charge is 2.27. The van der Waals surface area contributed by atoms with Gasteiger partial charge >= 0.3 is 7.12 Å². The fourth-order valence-electron chi connectivity index (χ4n) is 1.96. The van der Waals surface area contributed by atoms with Crippen molar-refractivity contribution >= 4 is 18.4 Å². The Morgan fingerprint density at radius 1 is 1.56 bits per heavy atom. The van der Waals surface area contributed by atoms with E-state index in [0.717, 1.165) is 11.0 Å². The number of hydrogen-bond acceptors (Lipinski definition) is 4. The maximum atomic E-state index is 11.5. The Labute approximate surface area is 107 Å². The van der Waals surface area contributed by atoms with E-state index in [1.807, 2.05) is 19.9 Å². The normalized spacial score (nSPS) is 13.9. The summed E-state index contributed by atoms with van der Waals surface area (Å²) < 4.78 is 10.5. The van der Waals surface area contributed by atoms with E-state index in [0.29, 0.717) is 24.7 Å². The second-order valence-electron chi connectivity index (χ2n) is 4.95. The quantitative estimate of drug-likeness (QED) is 0.786. The van der Waals surface area contributed by atoms with Crippen molar-refractivity contribution in [1.29, 1.82) is 0 Å². The minimum absolute atomic E-state index is 0.0773. The molecule has 1 aliphatic rings. The van der Waals surface area contributed by atoms with Gasteiger partial charge in [0.15, 0.2) is 5.78 Å². The Kier molecular flexibility index (Phi) is 4.04. The van der Waals surface area contributed by atoms with E-state index < -0.39 is 7.12 Å². The molecule has 0 unspecified atom stereocenters. The van der Waals surface area contributed by atoms with Crippen molar-refractivity contribution in [3.63, 3.8) is 0 Å². The minimum atomic E-state index is -0.880. The predicted octanol–water partition coefficient (Wildman–Crippen LogP) is 0.898. The van der Waals surface area contributed by atoms with Crippen LogP contribution >= 0.6 is 0 Å². The lowest BCUT2D eigenvalue weighted by atomic mass is 9.79. The third-order valence-corrected chi connectivity index (χ3v) is 2.82. The average Bonchev–Trinajstić information content (AvgIpc) is 2.68. The number of fused-ring (bicyclic) bond motifs is 1. The molecule has 1 aliphatic heterocycles. The van der Waals surface area contributed by atoms with Crippen LogP contribution in [-0.4, -0.2) is 24.5 Å². The smallest absolute Gasteiger partial charge is 0.486 e. The lowest BCUT2D eigenvalue weighted by Crippen LogP contribution is -2.28. The highest BCUT2D eigenvalue weighted by atomic mass is 16.5. The van der Waals surface area contributed by atoms with Gasteiger partial charge in [-0.1, -0.05) is 19.9 Å². The number of carbonyl (C=O) groups excluding carboxylic acids is 1.